The summed E-state index contributed by atoms with van der Waals surface area (Å²) in [5.74, 6) is 1.21. The zero-order valence-electron chi connectivity index (χ0n) is 12.9. The molecular formula is C10H31N5Si2. The fourth-order valence-corrected chi connectivity index (χ4v) is 6.19. The van der Waals surface area contributed by atoms with E-state index in [0.717, 1.165) is 0 Å². The van der Waals surface area contributed by atoms with Gasteiger partial charge in [-0.25, -0.2) is 0 Å². The normalized spacial score (nSPS) is 14.5. The highest BCUT2D eigenvalue weighted by Gasteiger charge is 2.17. The Bertz CT molecular complexity index is 163. The van der Waals surface area contributed by atoms with Crippen molar-refractivity contribution >= 4 is 19.4 Å². The van der Waals surface area contributed by atoms with Crippen LogP contribution in [0.5, 0.6) is 0 Å². The smallest absolute Gasteiger partial charge is 0.121 e. The average molecular weight is 278 g/mol. The van der Waals surface area contributed by atoms with Crippen LogP contribution in [0.4, 0.5) is 0 Å². The summed E-state index contributed by atoms with van der Waals surface area (Å²) in [7, 11) is 16.8. The highest BCUT2D eigenvalue weighted by atomic mass is 28.3. The second-order valence-corrected chi connectivity index (χ2v) is 9.75. The van der Waals surface area contributed by atoms with Crippen LogP contribution < -0.4 is 4.65 Å². The quantitative estimate of drug-likeness (QED) is 0.393. The molecule has 0 aliphatic carbocycles. The summed E-state index contributed by atoms with van der Waals surface area (Å²) >= 11 is 0. The molecule has 0 saturated carbocycles. The van der Waals surface area contributed by atoms with E-state index >= 15 is 0 Å². The van der Waals surface area contributed by atoms with Crippen LogP contribution >= 0.6 is 0 Å². The lowest BCUT2D eigenvalue weighted by atomic mass is 10.8. The van der Waals surface area contributed by atoms with Gasteiger partial charge in [0.2, 0.25) is 0 Å². The highest BCUT2D eigenvalue weighted by Crippen LogP contribution is 1.95. The van der Waals surface area contributed by atoms with Crippen LogP contribution in [0.3, 0.4) is 0 Å². The fourth-order valence-electron chi connectivity index (χ4n) is 2.00. The van der Waals surface area contributed by atoms with Crippen LogP contribution in [0.1, 0.15) is 0 Å². The van der Waals surface area contributed by atoms with E-state index in [0.29, 0.717) is 11.6 Å². The molecule has 0 aliphatic rings. The first-order chi connectivity index (χ1) is 7.77. The molecule has 0 fully saturated rings. The summed E-state index contributed by atoms with van der Waals surface area (Å²) in [4.78, 5) is 9.25. The van der Waals surface area contributed by atoms with Crippen LogP contribution in [0.25, 0.3) is 0 Å². The Labute approximate surface area is 112 Å². The molecule has 0 rings (SSSR count). The molecule has 0 aromatic carbocycles. The summed E-state index contributed by atoms with van der Waals surface area (Å²) in [6, 6.07) is 0. The van der Waals surface area contributed by atoms with Crippen molar-refractivity contribution in [2.45, 2.75) is 11.6 Å². The molecule has 0 heterocycles. The zero-order valence-corrected chi connectivity index (χ0v) is 15.7. The topological polar surface area (TPSA) is 25.0 Å². The number of nitrogens with one attached hydrogen (secondary N) is 1. The van der Waals surface area contributed by atoms with E-state index in [4.69, 9.17) is 0 Å². The monoisotopic (exact) mass is 277 g/mol. The molecule has 0 unspecified atom stereocenters. The molecule has 104 valence electrons. The minimum absolute atomic E-state index is 0.266. The van der Waals surface area contributed by atoms with Crippen LogP contribution in [-0.4, -0.2) is 107 Å². The van der Waals surface area contributed by atoms with Gasteiger partial charge in [-0.2, -0.15) is 0 Å². The highest BCUT2D eigenvalue weighted by molar-refractivity contribution is 6.52. The summed E-state index contributed by atoms with van der Waals surface area (Å²) in [6.45, 7) is 0. The lowest BCUT2D eigenvalue weighted by Gasteiger charge is -2.33. The molecule has 0 saturated heterocycles. The van der Waals surface area contributed by atoms with Gasteiger partial charge < -0.3 is 4.65 Å². The van der Waals surface area contributed by atoms with Crippen molar-refractivity contribution in [2.75, 3.05) is 56.4 Å². The van der Waals surface area contributed by atoms with Crippen molar-refractivity contribution in [2.24, 2.45) is 0 Å². The van der Waals surface area contributed by atoms with E-state index in [-0.39, 0.29) is 19.4 Å². The Morgan fingerprint density at radius 2 is 0.824 bits per heavy atom. The van der Waals surface area contributed by atoms with E-state index in [9.17, 15) is 0 Å². The second kappa shape index (κ2) is 8.36. The second-order valence-electron chi connectivity index (χ2n) is 5.47. The third kappa shape index (κ3) is 6.65. The SMILES string of the molecule is CN(C)C([SiH2]N[SiH2]C(N(C)C)N(C)C)N(C)C. The molecule has 0 atom stereocenters. The van der Waals surface area contributed by atoms with E-state index in [1.54, 1.807) is 0 Å². The van der Waals surface area contributed by atoms with Gasteiger partial charge in [-0.05, 0) is 56.4 Å². The fraction of sp³-hybridized carbons (Fsp3) is 1.00. The first-order valence-corrected chi connectivity index (χ1v) is 9.18. The van der Waals surface area contributed by atoms with Gasteiger partial charge in [0.1, 0.15) is 19.4 Å². The number of hydrogen-bond acceptors (Lipinski definition) is 5. The van der Waals surface area contributed by atoms with Gasteiger partial charge in [-0.15, -0.1) is 0 Å². The maximum Gasteiger partial charge on any atom is 0.121 e. The van der Waals surface area contributed by atoms with Gasteiger partial charge in [0.25, 0.3) is 0 Å². The molecule has 7 heteroatoms. The molecule has 17 heavy (non-hydrogen) atoms. The Morgan fingerprint density at radius 1 is 0.588 bits per heavy atom. The van der Waals surface area contributed by atoms with Crippen molar-refractivity contribution in [1.29, 1.82) is 0 Å². The van der Waals surface area contributed by atoms with Gasteiger partial charge >= 0.3 is 0 Å². The number of rotatable bonds is 8. The zero-order chi connectivity index (χ0) is 13.6. The van der Waals surface area contributed by atoms with Crippen LogP contribution in [0.2, 0.25) is 0 Å². The minimum Gasteiger partial charge on any atom is -0.365 e. The number of nitrogens with zero attached hydrogens (tertiary/aromatic N) is 4. The molecule has 0 spiro atoms. The molecule has 0 radical (unpaired) electrons. The van der Waals surface area contributed by atoms with Crippen molar-refractivity contribution in [3.05, 3.63) is 0 Å². The molecule has 0 aliphatic heterocycles. The van der Waals surface area contributed by atoms with Gasteiger partial charge in [-0.3, -0.25) is 19.6 Å². The predicted octanol–water partition coefficient (Wildman–Crippen LogP) is -2.44. The van der Waals surface area contributed by atoms with Crippen LogP contribution in [0.15, 0.2) is 0 Å². The van der Waals surface area contributed by atoms with Gasteiger partial charge in [0.15, 0.2) is 0 Å². The Balaban J connectivity index is 4.10. The van der Waals surface area contributed by atoms with Gasteiger partial charge in [0, 0.05) is 0 Å². The third-order valence-electron chi connectivity index (χ3n) is 3.04. The molecule has 0 amide bonds. The maximum atomic E-state index is 3.82. The minimum atomic E-state index is -0.266. The Kier molecular flexibility index (Phi) is 8.47. The average Bonchev–Trinajstić information content (AvgIpc) is 2.14. The molecular weight excluding hydrogens is 246 g/mol. The van der Waals surface area contributed by atoms with Crippen molar-refractivity contribution < 1.29 is 0 Å². The molecule has 0 bridgehead atoms. The van der Waals surface area contributed by atoms with E-state index in [1.165, 1.54) is 0 Å². The standard InChI is InChI=1S/C10H31N5Si2/c1-12(2)9(13(3)4)16-11-17-10(14(5)6)15(7)8/h9-11H,16-17H2,1-8H3. The first kappa shape index (κ1) is 17.2. The Morgan fingerprint density at radius 3 is 1.00 bits per heavy atom. The van der Waals surface area contributed by atoms with Gasteiger partial charge in [-0.1, -0.05) is 0 Å². The lowest BCUT2D eigenvalue weighted by molar-refractivity contribution is 0.195. The Hall–Kier alpha value is 0.234. The summed E-state index contributed by atoms with van der Waals surface area (Å²) in [6.07, 6.45) is 0. The van der Waals surface area contributed by atoms with E-state index < -0.39 is 0 Å². The summed E-state index contributed by atoms with van der Waals surface area (Å²) in [5.41, 5.74) is 0. The predicted molar refractivity (Wildman–Crippen MR) is 82.5 cm³/mol. The largest absolute Gasteiger partial charge is 0.365 e. The van der Waals surface area contributed by atoms with Crippen molar-refractivity contribution in [1.82, 2.24) is 24.2 Å². The first-order valence-electron chi connectivity index (χ1n) is 6.13. The summed E-state index contributed by atoms with van der Waals surface area (Å²) in [5, 5.41) is 0. The van der Waals surface area contributed by atoms with E-state index in [1.807, 2.05) is 0 Å². The van der Waals surface area contributed by atoms with Crippen molar-refractivity contribution in [3.8, 4) is 0 Å². The molecule has 0 aromatic rings. The van der Waals surface area contributed by atoms with Crippen LogP contribution in [-0.2, 0) is 0 Å². The van der Waals surface area contributed by atoms with Crippen LogP contribution in [0, 0.1) is 0 Å². The molecule has 5 nitrogen and oxygen atoms in total. The molecule has 1 N–H and O–H groups in total. The summed E-state index contributed by atoms with van der Waals surface area (Å²) < 4.78 is 3.82. The van der Waals surface area contributed by atoms with E-state index in [2.05, 4.69) is 80.6 Å². The lowest BCUT2D eigenvalue weighted by Crippen LogP contribution is -2.56. The third-order valence-corrected chi connectivity index (χ3v) is 9.00. The number of hydrogen-bond donors (Lipinski definition) is 1. The maximum absolute atomic E-state index is 3.82. The van der Waals surface area contributed by atoms with Crippen molar-refractivity contribution in [3.63, 3.8) is 0 Å². The van der Waals surface area contributed by atoms with Gasteiger partial charge in [0.05, 0.1) is 11.6 Å². The molecule has 0 aromatic heterocycles.